The van der Waals surface area contributed by atoms with Crippen molar-refractivity contribution in [1.29, 1.82) is 5.26 Å². The topological polar surface area (TPSA) is 50.8 Å². The van der Waals surface area contributed by atoms with Crippen LogP contribution in [0, 0.1) is 18.3 Å². The highest BCUT2D eigenvalue weighted by molar-refractivity contribution is 6.29. The fourth-order valence-electron chi connectivity index (χ4n) is 2.77. The minimum absolute atomic E-state index is 0.380. The molecular weight excluding hydrogens is 329 g/mol. The van der Waals surface area contributed by atoms with Crippen LogP contribution in [-0.2, 0) is 13.2 Å². The summed E-state index contributed by atoms with van der Waals surface area (Å²) in [5.74, 6) is 0.643. The molecule has 0 N–H and O–H groups in total. The van der Waals surface area contributed by atoms with Crippen LogP contribution in [0.4, 0.5) is 4.39 Å². The van der Waals surface area contributed by atoms with Crippen LogP contribution in [0.5, 0.6) is 5.75 Å². The van der Waals surface area contributed by atoms with Gasteiger partial charge in [-0.25, -0.2) is 9.37 Å². The average Bonchev–Trinajstić information content (AvgIpc) is 2.91. The summed E-state index contributed by atoms with van der Waals surface area (Å²) < 4.78 is 21.1. The zero-order valence-corrected chi connectivity index (χ0v) is 13.8. The normalized spacial score (nSPS) is 10.8. The summed E-state index contributed by atoms with van der Waals surface area (Å²) in [7, 11) is 0. The van der Waals surface area contributed by atoms with Gasteiger partial charge in [-0.15, -0.1) is 0 Å². The molecule has 0 aliphatic carbocycles. The Kier molecular flexibility index (Phi) is 4.68. The number of hydrogen-bond donors (Lipinski definition) is 0. The van der Waals surface area contributed by atoms with Crippen molar-refractivity contribution < 1.29 is 9.13 Å². The number of pyridine rings is 1. The fourth-order valence-corrected chi connectivity index (χ4v) is 2.89. The Morgan fingerprint density at radius 1 is 1.33 bits per heavy atom. The van der Waals surface area contributed by atoms with Crippen LogP contribution in [0.1, 0.15) is 16.8 Å². The van der Waals surface area contributed by atoms with Crippen LogP contribution in [0.15, 0.2) is 36.5 Å². The van der Waals surface area contributed by atoms with E-state index in [9.17, 15) is 4.39 Å². The Morgan fingerprint density at radius 2 is 2.17 bits per heavy atom. The lowest BCUT2D eigenvalue weighted by Crippen LogP contribution is -2.09. The number of ether oxygens (including phenoxy) is 1. The molecule has 0 aliphatic rings. The zero-order chi connectivity index (χ0) is 17.1. The first-order chi connectivity index (χ1) is 11.6. The van der Waals surface area contributed by atoms with Gasteiger partial charge < -0.3 is 9.30 Å². The average molecular weight is 344 g/mol. The molecule has 4 nitrogen and oxygen atoms in total. The highest BCUT2D eigenvalue weighted by atomic mass is 35.5. The third-order valence-electron chi connectivity index (χ3n) is 3.94. The van der Waals surface area contributed by atoms with E-state index in [2.05, 4.69) is 9.55 Å². The summed E-state index contributed by atoms with van der Waals surface area (Å²) in [6.07, 6.45) is 1.57. The molecule has 0 spiro atoms. The van der Waals surface area contributed by atoms with E-state index in [4.69, 9.17) is 21.6 Å². The van der Waals surface area contributed by atoms with Gasteiger partial charge in [0.2, 0.25) is 0 Å². The molecule has 0 aliphatic heterocycles. The number of nitrogens with zero attached hydrogens (tertiary/aromatic N) is 3. The summed E-state index contributed by atoms with van der Waals surface area (Å²) in [4.78, 5) is 3.97. The van der Waals surface area contributed by atoms with Gasteiger partial charge in [0.05, 0.1) is 24.4 Å². The van der Waals surface area contributed by atoms with E-state index in [1.54, 1.807) is 24.4 Å². The minimum Gasteiger partial charge on any atom is -0.490 e. The molecular formula is C18H15ClFN3O. The van der Waals surface area contributed by atoms with E-state index < -0.39 is 6.67 Å². The van der Waals surface area contributed by atoms with Gasteiger partial charge >= 0.3 is 0 Å². The number of aryl methyl sites for hydroxylation is 1. The van der Waals surface area contributed by atoms with Gasteiger partial charge in [-0.1, -0.05) is 11.6 Å². The Bertz CT molecular complexity index is 913. The van der Waals surface area contributed by atoms with Crippen molar-refractivity contribution in [1.82, 2.24) is 9.55 Å². The summed E-state index contributed by atoms with van der Waals surface area (Å²) in [6.45, 7) is 2.35. The molecule has 0 atom stereocenters. The second-order valence-electron chi connectivity index (χ2n) is 5.37. The molecule has 2 aromatic heterocycles. The van der Waals surface area contributed by atoms with Crippen molar-refractivity contribution in [3.63, 3.8) is 0 Å². The van der Waals surface area contributed by atoms with Crippen molar-refractivity contribution in [3.8, 4) is 11.8 Å². The fraction of sp³-hybridized carbons (Fsp3) is 0.222. The van der Waals surface area contributed by atoms with Gasteiger partial charge in [0.25, 0.3) is 0 Å². The molecule has 1 aromatic carbocycles. The lowest BCUT2D eigenvalue weighted by molar-refractivity contribution is 0.298. The summed E-state index contributed by atoms with van der Waals surface area (Å²) in [5, 5.41) is 10.3. The predicted octanol–water partition coefficient (Wildman–Crippen LogP) is 4.42. The Labute approximate surface area is 144 Å². The van der Waals surface area contributed by atoms with E-state index in [1.807, 2.05) is 25.1 Å². The van der Waals surface area contributed by atoms with Crippen molar-refractivity contribution in [2.75, 3.05) is 6.61 Å². The van der Waals surface area contributed by atoms with Crippen LogP contribution in [0.2, 0.25) is 5.15 Å². The van der Waals surface area contributed by atoms with Crippen LogP contribution in [0.3, 0.4) is 0 Å². The SMILES string of the molecule is Cc1cc2c(CF)c(C#N)ccc2n1CCOc1ccc(Cl)nc1. The first-order valence-electron chi connectivity index (χ1n) is 7.46. The molecule has 0 saturated heterocycles. The lowest BCUT2D eigenvalue weighted by atomic mass is 10.0. The third kappa shape index (κ3) is 3.06. The van der Waals surface area contributed by atoms with Gasteiger partial charge in [0, 0.05) is 22.2 Å². The van der Waals surface area contributed by atoms with E-state index in [-0.39, 0.29) is 0 Å². The number of fused-ring (bicyclic) bond motifs is 1. The molecule has 3 rings (SSSR count). The Balaban J connectivity index is 1.83. The van der Waals surface area contributed by atoms with Gasteiger partial charge in [0.15, 0.2) is 0 Å². The van der Waals surface area contributed by atoms with Crippen LogP contribution >= 0.6 is 11.6 Å². The Hall–Kier alpha value is -2.58. The Morgan fingerprint density at radius 3 is 2.83 bits per heavy atom. The van der Waals surface area contributed by atoms with E-state index in [1.165, 1.54) is 0 Å². The zero-order valence-electron chi connectivity index (χ0n) is 13.1. The standard InChI is InChI=1S/C18H15ClFN3O/c1-12-8-15-16(9-20)13(10-21)2-4-17(15)23(12)6-7-24-14-3-5-18(19)22-11-14/h2-5,8,11H,6-7,9H2,1H3. The van der Waals surface area contributed by atoms with Crippen LogP contribution < -0.4 is 4.74 Å². The maximum absolute atomic E-state index is 13.3. The number of benzene rings is 1. The molecule has 24 heavy (non-hydrogen) atoms. The second-order valence-corrected chi connectivity index (χ2v) is 5.76. The molecule has 3 aromatic rings. The monoisotopic (exact) mass is 343 g/mol. The smallest absolute Gasteiger partial charge is 0.137 e. The lowest BCUT2D eigenvalue weighted by Gasteiger charge is -2.10. The summed E-state index contributed by atoms with van der Waals surface area (Å²) in [5.41, 5.74) is 2.72. The van der Waals surface area contributed by atoms with Crippen LogP contribution in [0.25, 0.3) is 10.9 Å². The van der Waals surface area contributed by atoms with E-state index in [0.29, 0.717) is 35.2 Å². The van der Waals surface area contributed by atoms with E-state index in [0.717, 1.165) is 16.6 Å². The van der Waals surface area contributed by atoms with Gasteiger partial charge in [-0.3, -0.25) is 0 Å². The highest BCUT2D eigenvalue weighted by Gasteiger charge is 2.13. The molecule has 2 heterocycles. The maximum Gasteiger partial charge on any atom is 0.137 e. The maximum atomic E-state index is 13.3. The number of aromatic nitrogens is 2. The molecule has 0 bridgehead atoms. The molecule has 0 radical (unpaired) electrons. The second kappa shape index (κ2) is 6.90. The van der Waals surface area contributed by atoms with Crippen molar-refractivity contribution in [2.45, 2.75) is 20.1 Å². The van der Waals surface area contributed by atoms with Gasteiger partial charge in [-0.05, 0) is 37.3 Å². The molecule has 0 saturated carbocycles. The first kappa shape index (κ1) is 16.3. The van der Waals surface area contributed by atoms with Crippen molar-refractivity contribution in [3.05, 3.63) is 58.5 Å². The summed E-state index contributed by atoms with van der Waals surface area (Å²) >= 11 is 5.74. The van der Waals surface area contributed by atoms with Crippen molar-refractivity contribution in [2.24, 2.45) is 0 Å². The molecule has 122 valence electrons. The number of hydrogen-bond acceptors (Lipinski definition) is 3. The molecule has 6 heteroatoms. The number of rotatable bonds is 5. The van der Waals surface area contributed by atoms with Gasteiger partial charge in [-0.2, -0.15) is 5.26 Å². The predicted molar refractivity (Wildman–Crippen MR) is 90.9 cm³/mol. The molecule has 0 unspecified atom stereocenters. The van der Waals surface area contributed by atoms with Crippen LogP contribution in [-0.4, -0.2) is 16.2 Å². The van der Waals surface area contributed by atoms with Gasteiger partial charge in [0.1, 0.15) is 24.2 Å². The van der Waals surface area contributed by atoms with E-state index >= 15 is 0 Å². The molecule has 0 amide bonds. The third-order valence-corrected chi connectivity index (χ3v) is 4.17. The number of halogens is 2. The molecule has 0 fully saturated rings. The first-order valence-corrected chi connectivity index (χ1v) is 7.84. The largest absolute Gasteiger partial charge is 0.490 e. The number of nitriles is 1. The number of alkyl halides is 1. The summed E-state index contributed by atoms with van der Waals surface area (Å²) in [6, 6.07) is 10.9. The highest BCUT2D eigenvalue weighted by Crippen LogP contribution is 2.27. The van der Waals surface area contributed by atoms with Crippen molar-refractivity contribution >= 4 is 22.5 Å². The minimum atomic E-state index is -0.656. The quantitative estimate of drug-likeness (QED) is 0.644.